The van der Waals surface area contributed by atoms with Gasteiger partial charge in [0.25, 0.3) is 5.97 Å². The van der Waals surface area contributed by atoms with Gasteiger partial charge in [-0.05, 0) is 17.9 Å². The van der Waals surface area contributed by atoms with E-state index in [1.54, 1.807) is 11.3 Å². The van der Waals surface area contributed by atoms with Gasteiger partial charge in [-0.2, -0.15) is 0 Å². The number of hydrogen-bond acceptors (Lipinski definition) is 5. The molecule has 2 aliphatic heterocycles. The molecule has 3 heterocycles. The Morgan fingerprint density at radius 1 is 1.55 bits per heavy atom. The molecule has 0 aliphatic carbocycles. The van der Waals surface area contributed by atoms with Crippen LogP contribution in [0.15, 0.2) is 29.7 Å². The Bertz CT molecular complexity index is 530. The van der Waals surface area contributed by atoms with Gasteiger partial charge < -0.3 is 14.6 Å². The monoisotopic (exact) mass is 291 g/mol. The molecular weight excluding hydrogens is 277 g/mol. The van der Waals surface area contributed by atoms with Gasteiger partial charge in [-0.25, -0.2) is 0 Å². The second-order valence-corrected chi connectivity index (χ2v) is 5.86. The molecule has 20 heavy (non-hydrogen) atoms. The maximum absolute atomic E-state index is 12.0. The maximum Gasteiger partial charge on any atom is 0.552 e. The first-order chi connectivity index (χ1) is 9.70. The third-order valence-corrected chi connectivity index (χ3v) is 4.13. The van der Waals surface area contributed by atoms with Gasteiger partial charge in [-0.1, -0.05) is 18.2 Å². The van der Waals surface area contributed by atoms with Crippen LogP contribution in [-0.4, -0.2) is 31.0 Å². The van der Waals surface area contributed by atoms with E-state index in [4.69, 9.17) is 9.31 Å². The standard InChI is InChI=1S/C13H14BNO4S/c16-12(8-10-4-2-6-20-10)15-11-5-1-3-9-7-13(17)19-14(11)18-9/h1-4,6,9,11H,5,7-8H2,(H,15,16)/t9-,11+/m1/s1. The maximum atomic E-state index is 12.0. The highest BCUT2D eigenvalue weighted by molar-refractivity contribution is 7.10. The SMILES string of the molecule is O=C(Cc1cccs1)N[C@H]1CC=C[C@@H]2CC(=O)OB1O2. The highest BCUT2D eigenvalue weighted by atomic mass is 32.1. The quantitative estimate of drug-likeness (QED) is 0.669. The zero-order chi connectivity index (χ0) is 13.9. The Morgan fingerprint density at radius 3 is 3.25 bits per heavy atom. The second kappa shape index (κ2) is 5.81. The highest BCUT2D eigenvalue weighted by Crippen LogP contribution is 2.20. The molecule has 5 nitrogen and oxygen atoms in total. The topological polar surface area (TPSA) is 64.6 Å². The van der Waals surface area contributed by atoms with Crippen molar-refractivity contribution in [2.75, 3.05) is 0 Å². The first kappa shape index (κ1) is 13.4. The van der Waals surface area contributed by atoms with Crippen LogP contribution in [0.25, 0.3) is 0 Å². The molecule has 2 bridgehead atoms. The third-order valence-electron chi connectivity index (χ3n) is 3.25. The van der Waals surface area contributed by atoms with E-state index in [1.165, 1.54) is 0 Å². The lowest BCUT2D eigenvalue weighted by Gasteiger charge is -2.28. The van der Waals surface area contributed by atoms with Crippen molar-refractivity contribution in [3.8, 4) is 0 Å². The van der Waals surface area contributed by atoms with Crippen LogP contribution in [0.3, 0.4) is 0 Å². The average Bonchev–Trinajstić information content (AvgIpc) is 2.85. The molecule has 0 saturated carbocycles. The minimum Gasteiger partial charge on any atom is -0.508 e. The number of rotatable bonds is 3. The molecule has 0 radical (unpaired) electrons. The number of carbonyl (C=O) groups excluding carboxylic acids is 2. The molecule has 2 aliphatic rings. The number of amides is 1. The van der Waals surface area contributed by atoms with Gasteiger partial charge in [0, 0.05) is 4.88 Å². The first-order valence-corrected chi connectivity index (χ1v) is 7.42. The molecule has 0 aromatic carbocycles. The van der Waals surface area contributed by atoms with Crippen molar-refractivity contribution >= 4 is 30.3 Å². The van der Waals surface area contributed by atoms with Crippen molar-refractivity contribution in [3.05, 3.63) is 34.5 Å². The van der Waals surface area contributed by atoms with Crippen LogP contribution in [0, 0.1) is 0 Å². The van der Waals surface area contributed by atoms with Gasteiger partial charge in [0.05, 0.1) is 24.9 Å². The van der Waals surface area contributed by atoms with E-state index in [-0.39, 0.29) is 30.3 Å². The minimum absolute atomic E-state index is 0.0884. The lowest BCUT2D eigenvalue weighted by molar-refractivity contribution is -0.141. The van der Waals surface area contributed by atoms with Crippen LogP contribution in [0.5, 0.6) is 0 Å². The summed E-state index contributed by atoms with van der Waals surface area (Å²) in [7, 11) is -0.691. The molecule has 1 N–H and O–H groups in total. The second-order valence-electron chi connectivity index (χ2n) is 4.83. The molecule has 1 aromatic heterocycles. The number of hydrogen-bond donors (Lipinski definition) is 1. The van der Waals surface area contributed by atoms with E-state index in [9.17, 15) is 9.59 Å². The largest absolute Gasteiger partial charge is 0.552 e. The summed E-state index contributed by atoms with van der Waals surface area (Å²) < 4.78 is 10.8. The van der Waals surface area contributed by atoms with Gasteiger partial charge >= 0.3 is 7.12 Å². The molecule has 1 saturated heterocycles. The van der Waals surface area contributed by atoms with E-state index in [2.05, 4.69) is 5.32 Å². The van der Waals surface area contributed by atoms with Crippen LogP contribution >= 0.6 is 11.3 Å². The van der Waals surface area contributed by atoms with Crippen molar-refractivity contribution in [3.63, 3.8) is 0 Å². The molecule has 1 amide bonds. The van der Waals surface area contributed by atoms with Crippen molar-refractivity contribution in [2.24, 2.45) is 0 Å². The summed E-state index contributed by atoms with van der Waals surface area (Å²) in [6, 6.07) is 3.84. The predicted octanol–water partition coefficient (Wildman–Crippen LogP) is 1.09. The van der Waals surface area contributed by atoms with E-state index in [0.717, 1.165) is 4.88 Å². The first-order valence-electron chi connectivity index (χ1n) is 6.54. The molecule has 0 spiro atoms. The van der Waals surface area contributed by atoms with Gasteiger partial charge in [0.15, 0.2) is 0 Å². The van der Waals surface area contributed by atoms with Crippen LogP contribution < -0.4 is 5.32 Å². The Labute approximate surface area is 121 Å². The van der Waals surface area contributed by atoms with E-state index >= 15 is 0 Å². The zero-order valence-corrected chi connectivity index (χ0v) is 11.6. The molecule has 0 unspecified atom stereocenters. The lowest BCUT2D eigenvalue weighted by Crippen LogP contribution is -2.53. The van der Waals surface area contributed by atoms with Crippen LogP contribution in [0.1, 0.15) is 17.7 Å². The van der Waals surface area contributed by atoms with Gasteiger partial charge in [0.1, 0.15) is 0 Å². The summed E-state index contributed by atoms with van der Waals surface area (Å²) in [5, 5.41) is 4.83. The fraction of sp³-hybridized carbons (Fsp3) is 0.385. The van der Waals surface area contributed by atoms with Gasteiger partial charge in [0.2, 0.25) is 5.91 Å². The normalized spacial score (nSPS) is 25.0. The lowest BCUT2D eigenvalue weighted by atomic mass is 9.75. The Morgan fingerprint density at radius 2 is 2.45 bits per heavy atom. The molecule has 7 heteroatoms. The van der Waals surface area contributed by atoms with Gasteiger partial charge in [-0.3, -0.25) is 9.59 Å². The molecule has 104 valence electrons. The fourth-order valence-corrected chi connectivity index (χ4v) is 3.03. The Balaban J connectivity index is 1.62. The van der Waals surface area contributed by atoms with E-state index in [1.807, 2.05) is 29.7 Å². The molecule has 3 rings (SSSR count). The van der Waals surface area contributed by atoms with Crippen molar-refractivity contribution < 1.29 is 18.9 Å². The third kappa shape index (κ3) is 3.11. The smallest absolute Gasteiger partial charge is 0.508 e. The summed E-state index contributed by atoms with van der Waals surface area (Å²) in [5.74, 6) is -0.696. The van der Waals surface area contributed by atoms with E-state index < -0.39 is 7.12 Å². The number of carbonyl (C=O) groups is 2. The number of thiophene rings is 1. The van der Waals surface area contributed by atoms with Crippen LogP contribution in [0.2, 0.25) is 0 Å². The summed E-state index contributed by atoms with van der Waals surface area (Å²) >= 11 is 1.54. The minimum atomic E-state index is -0.691. The molecule has 1 fully saturated rings. The van der Waals surface area contributed by atoms with Crippen molar-refractivity contribution in [1.29, 1.82) is 0 Å². The fourth-order valence-electron chi connectivity index (χ4n) is 2.32. The number of fused-ring (bicyclic) bond motifs is 2. The van der Waals surface area contributed by atoms with Crippen LogP contribution in [0.4, 0.5) is 0 Å². The molecule has 2 atom stereocenters. The summed E-state index contributed by atoms with van der Waals surface area (Å²) in [6.07, 6.45) is 4.73. The summed E-state index contributed by atoms with van der Waals surface area (Å²) in [4.78, 5) is 24.5. The Hall–Kier alpha value is -1.60. The van der Waals surface area contributed by atoms with Crippen molar-refractivity contribution in [2.45, 2.75) is 31.3 Å². The van der Waals surface area contributed by atoms with Crippen molar-refractivity contribution in [1.82, 2.24) is 5.32 Å². The summed E-state index contributed by atoms with van der Waals surface area (Å²) in [5.41, 5.74) is 0. The average molecular weight is 291 g/mol. The van der Waals surface area contributed by atoms with Crippen LogP contribution in [-0.2, 0) is 25.3 Å². The predicted molar refractivity (Wildman–Crippen MR) is 75.0 cm³/mol. The van der Waals surface area contributed by atoms with E-state index in [0.29, 0.717) is 12.8 Å². The number of nitrogens with one attached hydrogen (secondary N) is 1. The van der Waals surface area contributed by atoms with Gasteiger partial charge in [-0.15, -0.1) is 11.3 Å². The zero-order valence-electron chi connectivity index (χ0n) is 10.8. The molecular formula is C13H14BNO4S. The highest BCUT2D eigenvalue weighted by Gasteiger charge is 2.41. The molecule has 1 aromatic rings. The summed E-state index contributed by atoms with van der Waals surface area (Å²) in [6.45, 7) is 0. The Kier molecular flexibility index (Phi) is 3.89.